The van der Waals surface area contributed by atoms with Crippen molar-refractivity contribution in [3.05, 3.63) is 64.8 Å². The molecule has 0 radical (unpaired) electrons. The van der Waals surface area contributed by atoms with Crippen LogP contribution >= 0.6 is 0 Å². The number of carbonyl (C=O) groups is 2. The monoisotopic (exact) mass is 349 g/mol. The fourth-order valence-electron chi connectivity index (χ4n) is 3.05. The van der Waals surface area contributed by atoms with E-state index in [2.05, 4.69) is 15.6 Å². The van der Waals surface area contributed by atoms with Crippen molar-refractivity contribution in [2.45, 2.75) is 33.7 Å². The molecular weight excluding hydrogens is 326 g/mol. The molecule has 5 nitrogen and oxygen atoms in total. The number of hydrogen-bond acceptors (Lipinski definition) is 2. The zero-order chi connectivity index (χ0) is 18.8. The Morgan fingerprint density at radius 1 is 1.08 bits per heavy atom. The first kappa shape index (κ1) is 17.7. The van der Waals surface area contributed by atoms with Crippen molar-refractivity contribution in [1.82, 2.24) is 10.3 Å². The van der Waals surface area contributed by atoms with Gasteiger partial charge in [-0.05, 0) is 62.2 Å². The number of aryl methyl sites for hydroxylation is 2. The Kier molecular flexibility index (Phi) is 4.80. The molecule has 1 unspecified atom stereocenters. The summed E-state index contributed by atoms with van der Waals surface area (Å²) >= 11 is 0. The van der Waals surface area contributed by atoms with Gasteiger partial charge in [0.25, 0.3) is 5.91 Å². The summed E-state index contributed by atoms with van der Waals surface area (Å²) in [6, 6.07) is 13.0. The Bertz CT molecular complexity index is 988. The molecule has 2 amide bonds. The van der Waals surface area contributed by atoms with E-state index in [1.807, 2.05) is 63.2 Å². The van der Waals surface area contributed by atoms with Crippen molar-refractivity contribution >= 4 is 28.4 Å². The van der Waals surface area contributed by atoms with Crippen molar-refractivity contribution in [2.24, 2.45) is 0 Å². The second-order valence-corrected chi connectivity index (χ2v) is 6.64. The van der Waals surface area contributed by atoms with Crippen LogP contribution in [0.1, 0.15) is 47.1 Å². The van der Waals surface area contributed by atoms with Crippen LogP contribution in [-0.4, -0.2) is 16.8 Å². The molecule has 26 heavy (non-hydrogen) atoms. The SMILES string of the molecule is CC(=O)Nc1cccc(C(C)NC(=O)c2ccc3[nH]c(C)c(C)c3c2)c1. The molecule has 0 fully saturated rings. The van der Waals surface area contributed by atoms with E-state index in [0.29, 0.717) is 5.56 Å². The quantitative estimate of drug-likeness (QED) is 0.659. The molecule has 0 aliphatic heterocycles. The molecule has 0 saturated heterocycles. The van der Waals surface area contributed by atoms with Gasteiger partial charge in [-0.2, -0.15) is 0 Å². The summed E-state index contributed by atoms with van der Waals surface area (Å²) in [7, 11) is 0. The minimum atomic E-state index is -0.180. The highest BCUT2D eigenvalue weighted by molar-refractivity contribution is 5.99. The molecule has 1 atom stereocenters. The minimum Gasteiger partial charge on any atom is -0.358 e. The Hall–Kier alpha value is -3.08. The number of nitrogens with one attached hydrogen (secondary N) is 3. The summed E-state index contributed by atoms with van der Waals surface area (Å²) < 4.78 is 0. The van der Waals surface area contributed by atoms with E-state index >= 15 is 0 Å². The standard InChI is InChI=1S/C21H23N3O2/c1-12-13(2)22-20-9-8-17(11-19(12)20)21(26)23-14(3)16-6-5-7-18(10-16)24-15(4)25/h5-11,14,22H,1-4H3,(H,23,26)(H,24,25). The lowest BCUT2D eigenvalue weighted by atomic mass is 10.1. The molecule has 3 rings (SSSR count). The molecule has 0 aliphatic carbocycles. The molecule has 1 aromatic heterocycles. The fraction of sp³-hybridized carbons (Fsp3) is 0.238. The lowest BCUT2D eigenvalue weighted by Crippen LogP contribution is -2.26. The number of fused-ring (bicyclic) bond motifs is 1. The lowest BCUT2D eigenvalue weighted by Gasteiger charge is -2.16. The first-order valence-corrected chi connectivity index (χ1v) is 8.62. The average Bonchev–Trinajstić information content (AvgIpc) is 2.88. The molecule has 0 saturated carbocycles. The van der Waals surface area contributed by atoms with Crippen LogP contribution in [0.2, 0.25) is 0 Å². The topological polar surface area (TPSA) is 74.0 Å². The highest BCUT2D eigenvalue weighted by atomic mass is 16.2. The minimum absolute atomic E-state index is 0.121. The van der Waals surface area contributed by atoms with Crippen molar-refractivity contribution < 1.29 is 9.59 Å². The molecule has 1 heterocycles. The molecule has 0 spiro atoms. The van der Waals surface area contributed by atoms with E-state index in [1.165, 1.54) is 6.92 Å². The second kappa shape index (κ2) is 7.04. The lowest BCUT2D eigenvalue weighted by molar-refractivity contribution is -0.114. The molecule has 5 heteroatoms. The largest absolute Gasteiger partial charge is 0.358 e. The van der Waals surface area contributed by atoms with Crippen molar-refractivity contribution in [3.63, 3.8) is 0 Å². The number of benzene rings is 2. The van der Waals surface area contributed by atoms with E-state index < -0.39 is 0 Å². The number of carbonyl (C=O) groups excluding carboxylic acids is 2. The number of anilines is 1. The zero-order valence-electron chi connectivity index (χ0n) is 15.4. The van der Waals surface area contributed by atoms with Crippen LogP contribution in [0.5, 0.6) is 0 Å². The van der Waals surface area contributed by atoms with Gasteiger partial charge in [0.1, 0.15) is 0 Å². The summed E-state index contributed by atoms with van der Waals surface area (Å²) in [5.41, 5.74) is 5.58. The van der Waals surface area contributed by atoms with Crippen molar-refractivity contribution in [1.29, 1.82) is 0 Å². The summed E-state index contributed by atoms with van der Waals surface area (Å²) in [5.74, 6) is -0.244. The number of aromatic amines is 1. The maximum absolute atomic E-state index is 12.7. The van der Waals surface area contributed by atoms with Gasteiger partial charge < -0.3 is 15.6 Å². The van der Waals surface area contributed by atoms with E-state index in [1.54, 1.807) is 0 Å². The smallest absolute Gasteiger partial charge is 0.251 e. The van der Waals surface area contributed by atoms with Crippen molar-refractivity contribution in [2.75, 3.05) is 5.32 Å². The van der Waals surface area contributed by atoms with Gasteiger partial charge in [-0.3, -0.25) is 9.59 Å². The predicted octanol–water partition coefficient (Wildman–Crippen LogP) is 4.23. The average molecular weight is 349 g/mol. The third-order valence-corrected chi connectivity index (χ3v) is 4.63. The number of amides is 2. The summed E-state index contributed by atoms with van der Waals surface area (Å²) in [4.78, 5) is 27.2. The Labute approximate surface area is 152 Å². The first-order valence-electron chi connectivity index (χ1n) is 8.62. The molecule has 0 bridgehead atoms. The predicted molar refractivity (Wildman–Crippen MR) is 104 cm³/mol. The van der Waals surface area contributed by atoms with Gasteiger partial charge >= 0.3 is 0 Å². The fourth-order valence-corrected chi connectivity index (χ4v) is 3.05. The van der Waals surface area contributed by atoms with E-state index in [-0.39, 0.29) is 17.9 Å². The van der Waals surface area contributed by atoms with Crippen LogP contribution in [0.4, 0.5) is 5.69 Å². The highest BCUT2D eigenvalue weighted by Gasteiger charge is 2.14. The third-order valence-electron chi connectivity index (χ3n) is 4.63. The maximum atomic E-state index is 12.7. The van der Waals surface area contributed by atoms with Gasteiger partial charge in [0.2, 0.25) is 5.91 Å². The third kappa shape index (κ3) is 3.61. The molecule has 3 aromatic rings. The maximum Gasteiger partial charge on any atom is 0.251 e. The highest BCUT2D eigenvalue weighted by Crippen LogP contribution is 2.23. The summed E-state index contributed by atoms with van der Waals surface area (Å²) in [5, 5.41) is 6.85. The van der Waals surface area contributed by atoms with E-state index in [4.69, 9.17) is 0 Å². The molecule has 134 valence electrons. The molecular formula is C21H23N3O2. The van der Waals surface area contributed by atoms with Crippen LogP contribution in [0.3, 0.4) is 0 Å². The van der Waals surface area contributed by atoms with E-state index in [9.17, 15) is 9.59 Å². The van der Waals surface area contributed by atoms with Gasteiger partial charge in [0, 0.05) is 34.8 Å². The van der Waals surface area contributed by atoms with Crippen LogP contribution < -0.4 is 10.6 Å². The van der Waals surface area contributed by atoms with Crippen LogP contribution in [0, 0.1) is 13.8 Å². The van der Waals surface area contributed by atoms with Crippen molar-refractivity contribution in [3.8, 4) is 0 Å². The Balaban J connectivity index is 1.79. The number of rotatable bonds is 4. The molecule has 2 aromatic carbocycles. The van der Waals surface area contributed by atoms with E-state index in [0.717, 1.165) is 33.4 Å². The number of aromatic nitrogens is 1. The van der Waals surface area contributed by atoms with Crippen LogP contribution in [0.25, 0.3) is 10.9 Å². The Morgan fingerprint density at radius 2 is 1.85 bits per heavy atom. The van der Waals surface area contributed by atoms with Gasteiger partial charge in [-0.15, -0.1) is 0 Å². The van der Waals surface area contributed by atoms with Gasteiger partial charge in [0.05, 0.1) is 6.04 Å². The van der Waals surface area contributed by atoms with Gasteiger partial charge in [-0.1, -0.05) is 12.1 Å². The zero-order valence-corrected chi connectivity index (χ0v) is 15.4. The van der Waals surface area contributed by atoms with Crippen LogP contribution in [-0.2, 0) is 4.79 Å². The molecule has 0 aliphatic rings. The summed E-state index contributed by atoms with van der Waals surface area (Å²) in [6.07, 6.45) is 0. The number of H-pyrrole nitrogens is 1. The first-order chi connectivity index (χ1) is 12.3. The van der Waals surface area contributed by atoms with Gasteiger partial charge in [0.15, 0.2) is 0 Å². The van der Waals surface area contributed by atoms with Crippen LogP contribution in [0.15, 0.2) is 42.5 Å². The normalized spacial score (nSPS) is 12.0. The summed E-state index contributed by atoms with van der Waals surface area (Å²) in [6.45, 7) is 7.47. The Morgan fingerprint density at radius 3 is 2.58 bits per heavy atom. The number of hydrogen-bond donors (Lipinski definition) is 3. The second-order valence-electron chi connectivity index (χ2n) is 6.64. The molecule has 3 N–H and O–H groups in total. The van der Waals surface area contributed by atoms with Gasteiger partial charge in [-0.25, -0.2) is 0 Å².